The molecule has 2 rings (SSSR count). The summed E-state index contributed by atoms with van der Waals surface area (Å²) in [6.07, 6.45) is 0. The summed E-state index contributed by atoms with van der Waals surface area (Å²) in [5.41, 5.74) is 0.774. The molecule has 1 aromatic heterocycles. The van der Waals surface area contributed by atoms with Gasteiger partial charge in [0.1, 0.15) is 16.0 Å². The first-order valence-corrected chi connectivity index (χ1v) is 7.73. The Morgan fingerprint density at radius 2 is 1.90 bits per heavy atom. The van der Waals surface area contributed by atoms with Gasteiger partial charge < -0.3 is 5.32 Å². The molecule has 0 saturated carbocycles. The fourth-order valence-electron chi connectivity index (χ4n) is 1.65. The molecule has 6 heteroatoms. The lowest BCUT2D eigenvalue weighted by molar-refractivity contribution is -0.114. The first kappa shape index (κ1) is 15.8. The first-order chi connectivity index (χ1) is 9.94. The van der Waals surface area contributed by atoms with Crippen LogP contribution in [0, 0.1) is 0 Å². The number of hydrogen-bond acceptors (Lipinski definition) is 4. The van der Waals surface area contributed by atoms with E-state index in [4.69, 9.17) is 11.6 Å². The number of halogens is 1. The molecule has 0 unspecified atom stereocenters. The van der Waals surface area contributed by atoms with E-state index in [1.165, 1.54) is 18.7 Å². The predicted molar refractivity (Wildman–Crippen MR) is 86.0 cm³/mol. The third-order valence-electron chi connectivity index (χ3n) is 2.60. The van der Waals surface area contributed by atoms with Gasteiger partial charge in [-0.15, -0.1) is 0 Å². The number of aromatic nitrogens is 2. The highest BCUT2D eigenvalue weighted by Crippen LogP contribution is 2.29. The Labute approximate surface area is 133 Å². The average molecular weight is 322 g/mol. The summed E-state index contributed by atoms with van der Waals surface area (Å²) in [6, 6.07) is 9.33. The molecule has 0 fully saturated rings. The number of nitrogens with zero attached hydrogens (tertiary/aromatic N) is 2. The molecule has 110 valence electrons. The molecule has 0 spiro atoms. The average Bonchev–Trinajstić information content (AvgIpc) is 2.39. The van der Waals surface area contributed by atoms with Crippen LogP contribution in [0.5, 0.6) is 0 Å². The monoisotopic (exact) mass is 321 g/mol. The zero-order valence-corrected chi connectivity index (χ0v) is 13.6. The normalized spacial score (nSPS) is 10.7. The highest BCUT2D eigenvalue weighted by Gasteiger charge is 2.08. The number of anilines is 1. The van der Waals surface area contributed by atoms with Gasteiger partial charge in [0.25, 0.3) is 0 Å². The summed E-state index contributed by atoms with van der Waals surface area (Å²) >= 11 is 7.54. The van der Waals surface area contributed by atoms with Crippen LogP contribution in [-0.2, 0) is 4.79 Å². The van der Waals surface area contributed by atoms with Crippen molar-refractivity contribution in [2.24, 2.45) is 0 Å². The van der Waals surface area contributed by atoms with E-state index < -0.39 is 0 Å². The van der Waals surface area contributed by atoms with Crippen LogP contribution in [-0.4, -0.2) is 15.9 Å². The minimum absolute atomic E-state index is 0.0837. The van der Waals surface area contributed by atoms with Crippen molar-refractivity contribution in [3.05, 3.63) is 41.3 Å². The molecule has 2 aromatic rings. The number of carbonyl (C=O) groups is 1. The van der Waals surface area contributed by atoms with E-state index in [1.54, 1.807) is 6.07 Å². The van der Waals surface area contributed by atoms with Gasteiger partial charge in [-0.2, -0.15) is 0 Å². The Morgan fingerprint density at radius 1 is 1.24 bits per heavy atom. The van der Waals surface area contributed by atoms with Crippen molar-refractivity contribution in [3.8, 4) is 0 Å². The van der Waals surface area contributed by atoms with Crippen molar-refractivity contribution in [1.29, 1.82) is 0 Å². The summed E-state index contributed by atoms with van der Waals surface area (Å²) < 4.78 is 0. The first-order valence-electron chi connectivity index (χ1n) is 6.54. The number of nitrogens with one attached hydrogen (secondary N) is 1. The molecule has 21 heavy (non-hydrogen) atoms. The van der Waals surface area contributed by atoms with E-state index in [2.05, 4.69) is 15.3 Å². The quantitative estimate of drug-likeness (QED) is 0.850. The van der Waals surface area contributed by atoms with Crippen LogP contribution in [0.25, 0.3) is 0 Å². The third-order valence-corrected chi connectivity index (χ3v) is 3.72. The molecular formula is C15H16ClN3OS. The van der Waals surface area contributed by atoms with E-state index in [0.717, 1.165) is 21.4 Å². The van der Waals surface area contributed by atoms with E-state index in [1.807, 2.05) is 38.1 Å². The molecule has 4 nitrogen and oxygen atoms in total. The Bertz CT molecular complexity index is 644. The van der Waals surface area contributed by atoms with Gasteiger partial charge in [0, 0.05) is 29.5 Å². The van der Waals surface area contributed by atoms with Gasteiger partial charge in [0.15, 0.2) is 0 Å². The molecule has 0 radical (unpaired) electrons. The highest BCUT2D eigenvalue weighted by molar-refractivity contribution is 7.99. The molecule has 1 heterocycles. The minimum atomic E-state index is -0.0837. The van der Waals surface area contributed by atoms with Crippen molar-refractivity contribution in [3.63, 3.8) is 0 Å². The van der Waals surface area contributed by atoms with Crippen molar-refractivity contribution >= 4 is 35.0 Å². The Kier molecular flexibility index (Phi) is 5.20. The second-order valence-corrected chi connectivity index (χ2v) is 6.33. The van der Waals surface area contributed by atoms with Crippen molar-refractivity contribution in [2.45, 2.75) is 36.6 Å². The third kappa shape index (κ3) is 4.72. The van der Waals surface area contributed by atoms with Crippen LogP contribution < -0.4 is 5.32 Å². The molecule has 1 N–H and O–H groups in total. The number of rotatable bonds is 4. The smallest absolute Gasteiger partial charge is 0.221 e. The van der Waals surface area contributed by atoms with Crippen LogP contribution in [0.4, 0.5) is 5.69 Å². The Hall–Kier alpha value is -1.59. The van der Waals surface area contributed by atoms with Gasteiger partial charge in [-0.25, -0.2) is 9.97 Å². The van der Waals surface area contributed by atoms with Gasteiger partial charge in [-0.05, 0) is 24.3 Å². The Morgan fingerprint density at radius 3 is 2.48 bits per heavy atom. The van der Waals surface area contributed by atoms with Crippen molar-refractivity contribution in [2.75, 3.05) is 5.32 Å². The van der Waals surface area contributed by atoms with Crippen LogP contribution >= 0.6 is 23.4 Å². The molecule has 0 aliphatic heterocycles. The Balaban J connectivity index is 2.16. The SMILES string of the molecule is CC(=O)Nc1ccc(Sc2cc(Cl)nc(C(C)C)n2)cc1. The molecule has 0 aliphatic carbocycles. The van der Waals surface area contributed by atoms with Crippen LogP contribution in [0.3, 0.4) is 0 Å². The fourth-order valence-corrected chi connectivity index (χ4v) is 2.73. The van der Waals surface area contributed by atoms with Crippen molar-refractivity contribution < 1.29 is 4.79 Å². The lowest BCUT2D eigenvalue weighted by atomic mass is 10.2. The van der Waals surface area contributed by atoms with Gasteiger partial charge in [-0.1, -0.05) is 37.2 Å². The molecule has 1 amide bonds. The summed E-state index contributed by atoms with van der Waals surface area (Å²) in [5.74, 6) is 0.879. The maximum atomic E-state index is 11.0. The van der Waals surface area contributed by atoms with Crippen LogP contribution in [0.15, 0.2) is 40.3 Å². The molecule has 0 saturated heterocycles. The molecule has 0 aliphatic rings. The van der Waals surface area contributed by atoms with Gasteiger partial charge >= 0.3 is 0 Å². The highest BCUT2D eigenvalue weighted by atomic mass is 35.5. The summed E-state index contributed by atoms with van der Waals surface area (Å²) in [6.45, 7) is 5.55. The molecule has 1 aromatic carbocycles. The minimum Gasteiger partial charge on any atom is -0.326 e. The zero-order valence-electron chi connectivity index (χ0n) is 12.1. The largest absolute Gasteiger partial charge is 0.326 e. The summed E-state index contributed by atoms with van der Waals surface area (Å²) in [7, 11) is 0. The van der Waals surface area contributed by atoms with Crippen LogP contribution in [0.2, 0.25) is 5.15 Å². The van der Waals surface area contributed by atoms with Crippen LogP contribution in [0.1, 0.15) is 32.5 Å². The maximum absolute atomic E-state index is 11.0. The second-order valence-electron chi connectivity index (χ2n) is 4.85. The second kappa shape index (κ2) is 6.91. The zero-order chi connectivity index (χ0) is 15.4. The number of benzene rings is 1. The molecule has 0 bridgehead atoms. The molecular weight excluding hydrogens is 306 g/mol. The van der Waals surface area contributed by atoms with Gasteiger partial charge in [0.05, 0.1) is 0 Å². The summed E-state index contributed by atoms with van der Waals surface area (Å²) in [5, 5.41) is 4.00. The lowest BCUT2D eigenvalue weighted by Gasteiger charge is -2.08. The van der Waals surface area contributed by atoms with E-state index in [0.29, 0.717) is 5.15 Å². The standard InChI is InChI=1S/C15H16ClN3OS/c1-9(2)15-18-13(16)8-14(19-15)21-12-6-4-11(5-7-12)17-10(3)20/h4-9H,1-3H3,(H,17,20). The summed E-state index contributed by atoms with van der Waals surface area (Å²) in [4.78, 5) is 20.7. The predicted octanol–water partition coefficient (Wildman–Crippen LogP) is 4.36. The number of amides is 1. The number of carbonyl (C=O) groups excluding carboxylic acids is 1. The topological polar surface area (TPSA) is 54.9 Å². The molecule has 0 atom stereocenters. The van der Waals surface area contributed by atoms with E-state index in [-0.39, 0.29) is 11.8 Å². The van der Waals surface area contributed by atoms with Gasteiger partial charge in [-0.3, -0.25) is 4.79 Å². The van der Waals surface area contributed by atoms with E-state index >= 15 is 0 Å². The number of hydrogen-bond donors (Lipinski definition) is 1. The fraction of sp³-hybridized carbons (Fsp3) is 0.267. The van der Waals surface area contributed by atoms with Crippen molar-refractivity contribution in [1.82, 2.24) is 9.97 Å². The lowest BCUT2D eigenvalue weighted by Crippen LogP contribution is -2.05. The van der Waals surface area contributed by atoms with E-state index in [9.17, 15) is 4.79 Å². The van der Waals surface area contributed by atoms with Gasteiger partial charge in [0.2, 0.25) is 5.91 Å². The maximum Gasteiger partial charge on any atom is 0.221 e.